The Labute approximate surface area is 206 Å². The Kier molecular flexibility index (Phi) is 7.25. The van der Waals surface area contributed by atoms with Crippen molar-refractivity contribution < 1.29 is 14.3 Å². The molecule has 1 aliphatic heterocycles. The predicted octanol–water partition coefficient (Wildman–Crippen LogP) is 4.15. The summed E-state index contributed by atoms with van der Waals surface area (Å²) in [5.41, 5.74) is 9.62. The molecular formula is C26H34N6O3. The third-order valence-corrected chi connectivity index (χ3v) is 6.34. The molecular weight excluding hydrogens is 444 g/mol. The van der Waals surface area contributed by atoms with Crippen LogP contribution in [0.1, 0.15) is 36.8 Å². The monoisotopic (exact) mass is 478 g/mol. The lowest BCUT2D eigenvalue weighted by molar-refractivity contribution is 0.112. The average Bonchev–Trinajstić information content (AvgIpc) is 2.83. The highest BCUT2D eigenvalue weighted by Crippen LogP contribution is 2.36. The molecule has 1 amide bonds. The predicted molar refractivity (Wildman–Crippen MR) is 138 cm³/mol. The smallest absolute Gasteiger partial charge is 0.415 e. The van der Waals surface area contributed by atoms with Gasteiger partial charge in [0.1, 0.15) is 11.6 Å². The number of hydrogen-bond donors (Lipinski definition) is 2. The van der Waals surface area contributed by atoms with E-state index in [2.05, 4.69) is 40.1 Å². The van der Waals surface area contributed by atoms with E-state index in [0.717, 1.165) is 41.8 Å². The van der Waals surface area contributed by atoms with Crippen molar-refractivity contribution in [2.75, 3.05) is 50.9 Å². The van der Waals surface area contributed by atoms with E-state index in [1.54, 1.807) is 24.1 Å². The first-order chi connectivity index (χ1) is 16.8. The number of benzene rings is 2. The maximum absolute atomic E-state index is 12.9. The molecule has 1 aromatic heterocycles. The summed E-state index contributed by atoms with van der Waals surface area (Å²) in [4.78, 5) is 26.2. The van der Waals surface area contributed by atoms with E-state index >= 15 is 0 Å². The molecule has 1 aliphatic rings. The fourth-order valence-electron chi connectivity index (χ4n) is 4.39. The Balaban J connectivity index is 1.64. The highest BCUT2D eigenvalue weighted by molar-refractivity contribution is 5.92. The normalized spacial score (nSPS) is 15.2. The number of aryl methyl sites for hydroxylation is 2. The molecule has 9 heteroatoms. The molecule has 0 spiro atoms. The average molecular weight is 479 g/mol. The first kappa shape index (κ1) is 24.5. The fourth-order valence-corrected chi connectivity index (χ4v) is 4.39. The minimum atomic E-state index is -0.385. The number of nitrogens with two attached hydrogens (primary N) is 1. The number of ether oxygens (including phenoxy) is 2. The Morgan fingerprint density at radius 3 is 2.49 bits per heavy atom. The molecule has 0 bridgehead atoms. The SMILES string of the molecule is CCN1CCN(C(=O)Oc2cc3c(N[C@H](C)c4cc(C)cc(N)c4)nc(C)nc3cc2OC)CC1. The van der Waals surface area contributed by atoms with E-state index < -0.39 is 0 Å². The first-order valence-corrected chi connectivity index (χ1v) is 12.0. The molecule has 1 saturated heterocycles. The molecule has 1 fully saturated rings. The summed E-state index contributed by atoms with van der Waals surface area (Å²) in [5, 5.41) is 4.22. The number of likely N-dealkylation sites (N-methyl/N-ethyl adjacent to an activating group) is 1. The molecule has 3 N–H and O–H groups in total. The number of carbonyl (C=O) groups is 1. The standard InChI is InChI=1S/C26H34N6O3/c1-6-31-7-9-32(10-8-31)26(33)35-24-14-21-22(15-23(24)34-5)29-18(4)30-25(21)28-17(3)19-11-16(2)12-20(27)13-19/h11-15,17H,6-10,27H2,1-5H3,(H,28,29,30)/t17-/m1/s1. The molecule has 2 heterocycles. The maximum atomic E-state index is 12.9. The number of amides is 1. The van der Waals surface area contributed by atoms with Crippen LogP contribution in [0.3, 0.4) is 0 Å². The van der Waals surface area contributed by atoms with Crippen molar-refractivity contribution in [2.45, 2.75) is 33.7 Å². The number of fused-ring (bicyclic) bond motifs is 1. The van der Waals surface area contributed by atoms with Gasteiger partial charge in [0.25, 0.3) is 0 Å². The topological polar surface area (TPSA) is 106 Å². The summed E-state index contributed by atoms with van der Waals surface area (Å²) in [6.07, 6.45) is -0.385. The van der Waals surface area contributed by atoms with E-state index in [9.17, 15) is 4.79 Å². The number of rotatable bonds is 6. The van der Waals surface area contributed by atoms with E-state index in [-0.39, 0.29) is 12.1 Å². The third kappa shape index (κ3) is 5.57. The number of nitrogens with one attached hydrogen (secondary N) is 1. The molecule has 3 aromatic rings. The van der Waals surface area contributed by atoms with Crippen molar-refractivity contribution in [3.63, 3.8) is 0 Å². The zero-order chi connectivity index (χ0) is 25.1. The molecule has 4 rings (SSSR count). The lowest BCUT2D eigenvalue weighted by atomic mass is 10.0. The highest BCUT2D eigenvalue weighted by atomic mass is 16.6. The summed E-state index contributed by atoms with van der Waals surface area (Å²) in [7, 11) is 1.55. The van der Waals surface area contributed by atoms with Crippen LogP contribution in [0.4, 0.5) is 16.3 Å². The number of hydrogen-bond acceptors (Lipinski definition) is 8. The number of anilines is 2. The van der Waals surface area contributed by atoms with Crippen LogP contribution in [0.15, 0.2) is 30.3 Å². The lowest BCUT2D eigenvalue weighted by Gasteiger charge is -2.33. The van der Waals surface area contributed by atoms with Crippen LogP contribution >= 0.6 is 0 Å². The van der Waals surface area contributed by atoms with Crippen molar-refractivity contribution in [3.05, 3.63) is 47.3 Å². The zero-order valence-electron chi connectivity index (χ0n) is 21.1. The van der Waals surface area contributed by atoms with Crippen LogP contribution in [0, 0.1) is 13.8 Å². The molecule has 0 aliphatic carbocycles. The van der Waals surface area contributed by atoms with Gasteiger partial charge in [-0.1, -0.05) is 13.0 Å². The second-order valence-electron chi connectivity index (χ2n) is 8.97. The molecule has 1 atom stereocenters. The summed E-state index contributed by atoms with van der Waals surface area (Å²) < 4.78 is 11.3. The Morgan fingerprint density at radius 1 is 1.09 bits per heavy atom. The number of nitrogens with zero attached hydrogens (tertiary/aromatic N) is 4. The maximum Gasteiger partial charge on any atom is 0.415 e. The summed E-state index contributed by atoms with van der Waals surface area (Å²) in [6, 6.07) is 9.48. The van der Waals surface area contributed by atoms with Gasteiger partial charge >= 0.3 is 6.09 Å². The number of carbonyl (C=O) groups excluding carboxylic acids is 1. The van der Waals surface area contributed by atoms with Gasteiger partial charge in [-0.15, -0.1) is 0 Å². The molecule has 2 aromatic carbocycles. The zero-order valence-corrected chi connectivity index (χ0v) is 21.1. The number of methoxy groups -OCH3 is 1. The van der Waals surface area contributed by atoms with E-state index in [1.807, 2.05) is 26.0 Å². The molecule has 0 saturated carbocycles. The van der Waals surface area contributed by atoms with Gasteiger partial charge in [-0.25, -0.2) is 14.8 Å². The molecule has 35 heavy (non-hydrogen) atoms. The van der Waals surface area contributed by atoms with Gasteiger partial charge in [0, 0.05) is 43.3 Å². The van der Waals surface area contributed by atoms with Gasteiger partial charge in [-0.2, -0.15) is 0 Å². The van der Waals surface area contributed by atoms with Crippen molar-refractivity contribution in [1.29, 1.82) is 0 Å². The summed E-state index contributed by atoms with van der Waals surface area (Å²) >= 11 is 0. The van der Waals surface area contributed by atoms with E-state index in [4.69, 9.17) is 15.2 Å². The van der Waals surface area contributed by atoms with Gasteiger partial charge < -0.3 is 30.3 Å². The Hall–Kier alpha value is -3.59. The van der Waals surface area contributed by atoms with Crippen molar-refractivity contribution >= 4 is 28.5 Å². The quantitative estimate of drug-likeness (QED) is 0.509. The second-order valence-corrected chi connectivity index (χ2v) is 8.97. The first-order valence-electron chi connectivity index (χ1n) is 12.0. The number of aromatic nitrogens is 2. The Morgan fingerprint density at radius 2 is 1.83 bits per heavy atom. The molecule has 0 radical (unpaired) electrons. The largest absolute Gasteiger partial charge is 0.493 e. The lowest BCUT2D eigenvalue weighted by Crippen LogP contribution is -2.49. The number of piperazine rings is 1. The highest BCUT2D eigenvalue weighted by Gasteiger charge is 2.24. The Bertz CT molecular complexity index is 1200. The fraction of sp³-hybridized carbons (Fsp3) is 0.423. The van der Waals surface area contributed by atoms with Crippen molar-refractivity contribution in [2.24, 2.45) is 0 Å². The van der Waals surface area contributed by atoms with Gasteiger partial charge in [-0.05, 0) is 56.6 Å². The summed E-state index contributed by atoms with van der Waals surface area (Å²) in [5.74, 6) is 2.06. The van der Waals surface area contributed by atoms with Gasteiger partial charge in [0.15, 0.2) is 11.5 Å². The number of nitrogen functional groups attached to an aromatic ring is 1. The van der Waals surface area contributed by atoms with Crippen LogP contribution in [0.2, 0.25) is 0 Å². The summed E-state index contributed by atoms with van der Waals surface area (Å²) in [6.45, 7) is 12.0. The minimum Gasteiger partial charge on any atom is -0.493 e. The van der Waals surface area contributed by atoms with Gasteiger partial charge in [-0.3, -0.25) is 0 Å². The third-order valence-electron chi connectivity index (χ3n) is 6.34. The van der Waals surface area contributed by atoms with E-state index in [1.165, 1.54) is 0 Å². The van der Waals surface area contributed by atoms with Gasteiger partial charge in [0.05, 0.1) is 18.7 Å². The van der Waals surface area contributed by atoms with Crippen molar-refractivity contribution in [3.8, 4) is 11.5 Å². The molecule has 0 unspecified atom stereocenters. The van der Waals surface area contributed by atoms with E-state index in [0.29, 0.717) is 41.7 Å². The molecule has 186 valence electrons. The van der Waals surface area contributed by atoms with Crippen LogP contribution in [-0.2, 0) is 0 Å². The van der Waals surface area contributed by atoms with Gasteiger partial charge in [0.2, 0.25) is 0 Å². The second kappa shape index (κ2) is 10.4. The van der Waals surface area contributed by atoms with Crippen molar-refractivity contribution in [1.82, 2.24) is 19.8 Å². The van der Waals surface area contributed by atoms with Crippen LogP contribution in [0.25, 0.3) is 10.9 Å². The van der Waals surface area contributed by atoms with Crippen LogP contribution < -0.4 is 20.5 Å². The minimum absolute atomic E-state index is 0.0577. The molecule has 9 nitrogen and oxygen atoms in total. The van der Waals surface area contributed by atoms with Crippen LogP contribution in [-0.4, -0.2) is 65.7 Å². The van der Waals surface area contributed by atoms with Crippen LogP contribution in [0.5, 0.6) is 11.5 Å².